The number of aromatic amines is 2. The normalized spacial score (nSPS) is 10.8. The van der Waals surface area contributed by atoms with Crippen molar-refractivity contribution in [2.75, 3.05) is 0 Å². The number of nitrogens with zero attached hydrogens (tertiary/aromatic N) is 3. The summed E-state index contributed by atoms with van der Waals surface area (Å²) < 4.78 is 0. The van der Waals surface area contributed by atoms with E-state index in [2.05, 4.69) is 24.9 Å². The second-order valence-corrected chi connectivity index (χ2v) is 5.15. The summed E-state index contributed by atoms with van der Waals surface area (Å²) in [5, 5.41) is 0. The van der Waals surface area contributed by atoms with E-state index in [0.717, 1.165) is 11.1 Å². The highest BCUT2D eigenvalue weighted by Gasteiger charge is 2.14. The third kappa shape index (κ3) is 2.38. The van der Waals surface area contributed by atoms with Gasteiger partial charge in [0.2, 0.25) is 0 Å². The fourth-order valence-corrected chi connectivity index (χ4v) is 2.54. The minimum absolute atomic E-state index is 0.155. The third-order valence-corrected chi connectivity index (χ3v) is 3.59. The number of rotatable bonds is 2. The highest BCUT2D eigenvalue weighted by atomic mass is 16.2. The van der Waals surface area contributed by atoms with Gasteiger partial charge in [-0.1, -0.05) is 12.1 Å². The molecule has 24 heavy (non-hydrogen) atoms. The molecule has 0 radical (unpaired) electrons. The Kier molecular flexibility index (Phi) is 3.24. The van der Waals surface area contributed by atoms with E-state index in [1.165, 1.54) is 0 Å². The number of fused-ring (bicyclic) bond motifs is 1. The molecule has 4 aromatic rings. The fourth-order valence-electron chi connectivity index (χ4n) is 2.54. The summed E-state index contributed by atoms with van der Waals surface area (Å²) in [7, 11) is 0. The Bertz CT molecular complexity index is 1130. The van der Waals surface area contributed by atoms with Gasteiger partial charge in [-0.25, -0.2) is 9.78 Å². The monoisotopic (exact) mass is 317 g/mol. The number of H-pyrrole nitrogens is 2. The standard InChI is InChI=1S/C17H11N5O2/c23-16-15-13(20-17(24)22-16)8-11(10-4-3-6-18-9-10)14(21-15)12-5-1-2-7-19-12/h1-9H,(H2,20,22,23,24). The summed E-state index contributed by atoms with van der Waals surface area (Å²) in [6.07, 6.45) is 5.02. The molecule has 0 saturated heterocycles. The third-order valence-electron chi connectivity index (χ3n) is 3.59. The van der Waals surface area contributed by atoms with E-state index in [9.17, 15) is 9.59 Å². The van der Waals surface area contributed by atoms with Crippen LogP contribution < -0.4 is 11.2 Å². The second-order valence-electron chi connectivity index (χ2n) is 5.15. The predicted molar refractivity (Wildman–Crippen MR) is 89.4 cm³/mol. The summed E-state index contributed by atoms with van der Waals surface area (Å²) in [5.41, 5.74) is 2.13. The molecule has 0 saturated carbocycles. The first kappa shape index (κ1) is 14.0. The zero-order valence-electron chi connectivity index (χ0n) is 12.4. The number of nitrogens with one attached hydrogen (secondary N) is 2. The molecule has 4 aromatic heterocycles. The summed E-state index contributed by atoms with van der Waals surface area (Å²) >= 11 is 0. The molecule has 0 bridgehead atoms. The lowest BCUT2D eigenvalue weighted by Crippen LogP contribution is -2.22. The van der Waals surface area contributed by atoms with Gasteiger partial charge in [0.25, 0.3) is 5.56 Å². The lowest BCUT2D eigenvalue weighted by Gasteiger charge is -2.09. The van der Waals surface area contributed by atoms with Crippen molar-refractivity contribution in [3.63, 3.8) is 0 Å². The summed E-state index contributed by atoms with van der Waals surface area (Å²) in [4.78, 5) is 41.3. The largest absolute Gasteiger partial charge is 0.326 e. The lowest BCUT2D eigenvalue weighted by molar-refractivity contribution is 1.07. The molecule has 0 aliphatic heterocycles. The molecule has 0 aromatic carbocycles. The van der Waals surface area contributed by atoms with Gasteiger partial charge < -0.3 is 4.98 Å². The van der Waals surface area contributed by atoms with Crippen LogP contribution in [0.2, 0.25) is 0 Å². The lowest BCUT2D eigenvalue weighted by atomic mass is 10.0. The maximum atomic E-state index is 12.1. The highest BCUT2D eigenvalue weighted by molar-refractivity contribution is 5.88. The van der Waals surface area contributed by atoms with Crippen LogP contribution in [0.25, 0.3) is 33.5 Å². The molecule has 116 valence electrons. The van der Waals surface area contributed by atoms with Crippen molar-refractivity contribution in [3.05, 3.63) is 75.8 Å². The van der Waals surface area contributed by atoms with Crippen molar-refractivity contribution in [1.29, 1.82) is 0 Å². The van der Waals surface area contributed by atoms with Crippen molar-refractivity contribution in [2.45, 2.75) is 0 Å². The molecule has 0 aliphatic rings. The second kappa shape index (κ2) is 5.54. The Morgan fingerprint density at radius 1 is 0.958 bits per heavy atom. The van der Waals surface area contributed by atoms with E-state index >= 15 is 0 Å². The van der Waals surface area contributed by atoms with Crippen LogP contribution in [0, 0.1) is 0 Å². The topological polar surface area (TPSA) is 104 Å². The van der Waals surface area contributed by atoms with Gasteiger partial charge in [-0.3, -0.25) is 19.7 Å². The van der Waals surface area contributed by atoms with E-state index < -0.39 is 11.2 Å². The Morgan fingerprint density at radius 3 is 2.62 bits per heavy atom. The molecule has 0 spiro atoms. The van der Waals surface area contributed by atoms with Gasteiger partial charge in [-0.2, -0.15) is 0 Å². The van der Waals surface area contributed by atoms with Gasteiger partial charge in [-0.15, -0.1) is 0 Å². The van der Waals surface area contributed by atoms with Crippen LogP contribution in [-0.2, 0) is 0 Å². The number of pyridine rings is 3. The average Bonchev–Trinajstić information content (AvgIpc) is 2.62. The maximum Gasteiger partial charge on any atom is 0.326 e. The number of hydrogen-bond donors (Lipinski definition) is 2. The fraction of sp³-hybridized carbons (Fsp3) is 0. The average molecular weight is 317 g/mol. The SMILES string of the molecule is O=c1[nH]c(=O)c2nc(-c3ccccn3)c(-c3cccnc3)cc2[nH]1. The molecule has 4 heterocycles. The van der Waals surface area contributed by atoms with Crippen LogP contribution in [-0.4, -0.2) is 24.9 Å². The molecule has 7 heteroatoms. The first-order valence-electron chi connectivity index (χ1n) is 7.21. The van der Waals surface area contributed by atoms with Crippen LogP contribution in [0.15, 0.2) is 64.6 Å². The van der Waals surface area contributed by atoms with E-state index in [1.54, 1.807) is 30.7 Å². The first-order valence-corrected chi connectivity index (χ1v) is 7.21. The van der Waals surface area contributed by atoms with Crippen LogP contribution in [0.1, 0.15) is 0 Å². The molecule has 0 amide bonds. The van der Waals surface area contributed by atoms with Crippen molar-refractivity contribution in [1.82, 2.24) is 24.9 Å². The molecule has 0 fully saturated rings. The van der Waals surface area contributed by atoms with Crippen LogP contribution in [0.3, 0.4) is 0 Å². The van der Waals surface area contributed by atoms with Crippen molar-refractivity contribution in [3.8, 4) is 22.5 Å². The highest BCUT2D eigenvalue weighted by Crippen LogP contribution is 2.30. The minimum atomic E-state index is -0.572. The number of aromatic nitrogens is 5. The molecular weight excluding hydrogens is 306 g/mol. The van der Waals surface area contributed by atoms with Gasteiger partial charge in [-0.05, 0) is 24.3 Å². The summed E-state index contributed by atoms with van der Waals surface area (Å²) in [6, 6.07) is 10.9. The molecule has 4 rings (SSSR count). The minimum Gasteiger partial charge on any atom is -0.305 e. The molecular formula is C17H11N5O2. The first-order chi connectivity index (χ1) is 11.7. The quantitative estimate of drug-likeness (QED) is 0.586. The predicted octanol–water partition coefficient (Wildman–Crippen LogP) is 1.74. The van der Waals surface area contributed by atoms with E-state index in [0.29, 0.717) is 16.9 Å². The molecule has 2 N–H and O–H groups in total. The van der Waals surface area contributed by atoms with Gasteiger partial charge in [0.05, 0.1) is 16.9 Å². The van der Waals surface area contributed by atoms with Crippen molar-refractivity contribution in [2.24, 2.45) is 0 Å². The van der Waals surface area contributed by atoms with Crippen LogP contribution >= 0.6 is 0 Å². The van der Waals surface area contributed by atoms with Gasteiger partial charge >= 0.3 is 5.69 Å². The summed E-state index contributed by atoms with van der Waals surface area (Å²) in [6.45, 7) is 0. The smallest absolute Gasteiger partial charge is 0.305 e. The molecule has 0 atom stereocenters. The van der Waals surface area contributed by atoms with E-state index in [1.807, 2.05) is 24.3 Å². The molecule has 0 unspecified atom stereocenters. The maximum absolute atomic E-state index is 12.1. The Labute approximate surface area is 135 Å². The zero-order valence-corrected chi connectivity index (χ0v) is 12.4. The number of hydrogen-bond acceptors (Lipinski definition) is 5. The van der Waals surface area contributed by atoms with Crippen molar-refractivity contribution < 1.29 is 0 Å². The Hall–Kier alpha value is -3.61. The van der Waals surface area contributed by atoms with Gasteiger partial charge in [0.1, 0.15) is 0 Å². The van der Waals surface area contributed by atoms with E-state index in [4.69, 9.17) is 0 Å². The van der Waals surface area contributed by atoms with Gasteiger partial charge in [0, 0.05) is 29.7 Å². The van der Waals surface area contributed by atoms with Gasteiger partial charge in [0.15, 0.2) is 5.52 Å². The van der Waals surface area contributed by atoms with E-state index in [-0.39, 0.29) is 5.52 Å². The zero-order chi connectivity index (χ0) is 16.5. The van der Waals surface area contributed by atoms with Crippen molar-refractivity contribution >= 4 is 11.0 Å². The molecule has 7 nitrogen and oxygen atoms in total. The Balaban J connectivity index is 2.12. The van der Waals surface area contributed by atoms with Crippen LogP contribution in [0.5, 0.6) is 0 Å². The van der Waals surface area contributed by atoms with Crippen LogP contribution in [0.4, 0.5) is 0 Å². The molecule has 0 aliphatic carbocycles. The summed E-state index contributed by atoms with van der Waals surface area (Å²) in [5.74, 6) is 0. The Morgan fingerprint density at radius 2 is 1.88 bits per heavy atom.